The standard InChI is InChI=1S/C36H42N4O4S/c1-44-30-13-11-28-23-31(14-12-27(28)22-30)45(42,43)40-20-19-39-18-6-9-34(39)35(40)24-36(41)37-33-8-5-7-29-21-26(10-15-32(29)33)25-38-16-3-2-4-17-38/h6,9-15,18,21-23,33,35H,2-5,7-8,16-17,19-20,24-25H2,1H3,(H,37,41)/t33-,35?/m1/s1. The smallest absolute Gasteiger partial charge is 0.243 e. The van der Waals surface area contributed by atoms with Gasteiger partial charge in [0.15, 0.2) is 0 Å². The summed E-state index contributed by atoms with van der Waals surface area (Å²) in [5, 5.41) is 5.03. The van der Waals surface area contributed by atoms with Crippen LogP contribution >= 0.6 is 0 Å². The lowest BCUT2D eigenvalue weighted by atomic mass is 9.86. The number of hydrogen-bond donors (Lipinski definition) is 1. The Kier molecular flexibility index (Phi) is 8.42. The average molecular weight is 627 g/mol. The van der Waals surface area contributed by atoms with Crippen molar-refractivity contribution in [2.45, 2.75) is 75.0 Å². The largest absolute Gasteiger partial charge is 0.497 e. The lowest BCUT2D eigenvalue weighted by Crippen LogP contribution is -2.44. The molecule has 4 aromatic rings. The first-order valence-electron chi connectivity index (χ1n) is 16.3. The summed E-state index contributed by atoms with van der Waals surface area (Å²) in [6.07, 6.45) is 8.84. The molecule has 1 N–H and O–H groups in total. The second-order valence-corrected chi connectivity index (χ2v) is 14.6. The van der Waals surface area contributed by atoms with E-state index >= 15 is 0 Å². The van der Waals surface area contributed by atoms with Crippen LogP contribution in [0.5, 0.6) is 5.75 Å². The van der Waals surface area contributed by atoms with Crippen LogP contribution in [0, 0.1) is 0 Å². The fraction of sp³-hybridized carbons (Fsp3) is 0.417. The lowest BCUT2D eigenvalue weighted by molar-refractivity contribution is -0.123. The van der Waals surface area contributed by atoms with Crippen molar-refractivity contribution < 1.29 is 17.9 Å². The minimum Gasteiger partial charge on any atom is -0.497 e. The van der Waals surface area contributed by atoms with Gasteiger partial charge in [-0.25, -0.2) is 8.42 Å². The fourth-order valence-electron chi connectivity index (χ4n) is 7.48. The van der Waals surface area contributed by atoms with Gasteiger partial charge in [-0.15, -0.1) is 0 Å². The SMILES string of the molecule is COc1ccc2cc(S(=O)(=O)N3CCn4cccc4C3CC(=O)N[C@@H]3CCCc4cc(CN5CCCCC5)ccc43)ccc2c1. The van der Waals surface area contributed by atoms with E-state index in [0.717, 1.165) is 48.0 Å². The first kappa shape index (κ1) is 30.0. The van der Waals surface area contributed by atoms with E-state index in [1.807, 2.05) is 42.6 Å². The number of likely N-dealkylation sites (tertiary alicyclic amines) is 1. The molecule has 1 aliphatic carbocycles. The lowest BCUT2D eigenvalue weighted by Gasteiger charge is -2.36. The number of fused-ring (bicyclic) bond motifs is 3. The third-order valence-corrected chi connectivity index (χ3v) is 11.7. The number of nitrogens with zero attached hydrogens (tertiary/aromatic N) is 3. The van der Waals surface area contributed by atoms with Crippen LogP contribution in [0.25, 0.3) is 10.8 Å². The van der Waals surface area contributed by atoms with Crippen molar-refractivity contribution in [2.75, 3.05) is 26.7 Å². The van der Waals surface area contributed by atoms with Crippen molar-refractivity contribution in [3.05, 3.63) is 95.3 Å². The molecule has 45 heavy (non-hydrogen) atoms. The molecule has 236 valence electrons. The highest BCUT2D eigenvalue weighted by atomic mass is 32.2. The summed E-state index contributed by atoms with van der Waals surface area (Å²) in [4.78, 5) is 16.5. The molecule has 0 radical (unpaired) electrons. The molecule has 1 amide bonds. The van der Waals surface area contributed by atoms with Gasteiger partial charge in [0.25, 0.3) is 0 Å². The summed E-state index contributed by atoms with van der Waals surface area (Å²) in [5.41, 5.74) is 4.71. The van der Waals surface area contributed by atoms with Crippen LogP contribution in [0.1, 0.15) is 73.0 Å². The molecule has 1 aromatic heterocycles. The third kappa shape index (κ3) is 6.13. The number of methoxy groups -OCH3 is 1. The Morgan fingerprint density at radius 2 is 1.73 bits per heavy atom. The Hall–Kier alpha value is -3.66. The van der Waals surface area contributed by atoms with E-state index in [2.05, 4.69) is 33.0 Å². The maximum Gasteiger partial charge on any atom is 0.243 e. The first-order chi connectivity index (χ1) is 21.9. The average Bonchev–Trinajstić information content (AvgIpc) is 3.54. The minimum atomic E-state index is -3.88. The summed E-state index contributed by atoms with van der Waals surface area (Å²) in [5.74, 6) is 0.593. The molecule has 0 spiro atoms. The van der Waals surface area contributed by atoms with Crippen LogP contribution in [-0.4, -0.2) is 54.8 Å². The van der Waals surface area contributed by atoms with Crippen LogP contribution in [-0.2, 0) is 34.3 Å². The number of aryl methyl sites for hydroxylation is 1. The Morgan fingerprint density at radius 1 is 0.911 bits per heavy atom. The van der Waals surface area contributed by atoms with E-state index < -0.39 is 16.1 Å². The Morgan fingerprint density at radius 3 is 2.58 bits per heavy atom. The number of benzene rings is 3. The zero-order chi connectivity index (χ0) is 31.0. The van der Waals surface area contributed by atoms with Gasteiger partial charge in [0.2, 0.25) is 15.9 Å². The van der Waals surface area contributed by atoms with Crippen LogP contribution in [0.3, 0.4) is 0 Å². The molecule has 2 atom stereocenters. The Bertz CT molecular complexity index is 1810. The molecular weight excluding hydrogens is 584 g/mol. The van der Waals surface area contributed by atoms with Crippen molar-refractivity contribution in [2.24, 2.45) is 0 Å². The highest BCUT2D eigenvalue weighted by Crippen LogP contribution is 2.36. The zero-order valence-electron chi connectivity index (χ0n) is 26.0. The van der Waals surface area contributed by atoms with Gasteiger partial charge in [-0.2, -0.15) is 4.31 Å². The number of rotatable bonds is 8. The van der Waals surface area contributed by atoms with E-state index in [4.69, 9.17) is 4.74 Å². The van der Waals surface area contributed by atoms with Crippen LogP contribution in [0.15, 0.2) is 77.8 Å². The van der Waals surface area contributed by atoms with Crippen LogP contribution < -0.4 is 10.1 Å². The summed E-state index contributed by atoms with van der Waals surface area (Å²) >= 11 is 0. The first-order valence-corrected chi connectivity index (χ1v) is 17.7. The normalized spacial score (nSPS) is 20.8. The maximum absolute atomic E-state index is 14.2. The molecule has 2 aliphatic heterocycles. The number of carbonyl (C=O) groups is 1. The second-order valence-electron chi connectivity index (χ2n) is 12.7. The number of sulfonamides is 1. The number of nitrogens with one attached hydrogen (secondary N) is 1. The van der Waals surface area contributed by atoms with Crippen LogP contribution in [0.2, 0.25) is 0 Å². The molecule has 1 unspecified atom stereocenters. The number of amides is 1. The molecule has 3 aromatic carbocycles. The Balaban J connectivity index is 1.10. The molecule has 1 saturated heterocycles. The number of ether oxygens (including phenoxy) is 1. The van der Waals surface area contributed by atoms with Gasteiger partial charge in [0.1, 0.15) is 5.75 Å². The summed E-state index contributed by atoms with van der Waals surface area (Å²) < 4.78 is 37.2. The predicted octanol–water partition coefficient (Wildman–Crippen LogP) is 5.97. The monoisotopic (exact) mass is 626 g/mol. The van der Waals surface area contributed by atoms with E-state index in [-0.39, 0.29) is 23.3 Å². The van der Waals surface area contributed by atoms with Gasteiger partial charge >= 0.3 is 0 Å². The number of aromatic nitrogens is 1. The van der Waals surface area contributed by atoms with Gasteiger partial charge in [-0.1, -0.05) is 36.8 Å². The highest BCUT2D eigenvalue weighted by molar-refractivity contribution is 7.89. The van der Waals surface area contributed by atoms with Crippen molar-refractivity contribution in [3.8, 4) is 5.75 Å². The molecule has 8 nitrogen and oxygen atoms in total. The molecule has 3 heterocycles. The number of carbonyl (C=O) groups excluding carboxylic acids is 1. The topological polar surface area (TPSA) is 83.9 Å². The molecule has 3 aliphatic rings. The number of hydrogen-bond acceptors (Lipinski definition) is 5. The maximum atomic E-state index is 14.2. The summed E-state index contributed by atoms with van der Waals surface area (Å²) in [7, 11) is -2.27. The molecule has 9 heteroatoms. The van der Waals surface area contributed by atoms with Crippen molar-refractivity contribution in [3.63, 3.8) is 0 Å². The van der Waals surface area contributed by atoms with Crippen LogP contribution in [0.4, 0.5) is 0 Å². The Labute approximate surface area is 266 Å². The minimum absolute atomic E-state index is 0.0624. The molecule has 0 bridgehead atoms. The van der Waals surface area contributed by atoms with Gasteiger partial charge in [-0.3, -0.25) is 9.69 Å². The van der Waals surface area contributed by atoms with E-state index in [1.54, 1.807) is 19.2 Å². The van der Waals surface area contributed by atoms with Gasteiger partial charge < -0.3 is 14.6 Å². The van der Waals surface area contributed by atoms with Gasteiger partial charge in [0, 0.05) is 37.9 Å². The van der Waals surface area contributed by atoms with E-state index in [1.165, 1.54) is 53.3 Å². The van der Waals surface area contributed by atoms with Crippen molar-refractivity contribution in [1.82, 2.24) is 19.1 Å². The zero-order valence-corrected chi connectivity index (χ0v) is 26.8. The molecule has 0 saturated carbocycles. The van der Waals surface area contributed by atoms with Crippen molar-refractivity contribution in [1.29, 1.82) is 0 Å². The molecule has 7 rings (SSSR count). The van der Waals surface area contributed by atoms with Gasteiger partial charge in [0.05, 0.1) is 24.1 Å². The quantitative estimate of drug-likeness (QED) is 0.261. The van der Waals surface area contributed by atoms with Crippen molar-refractivity contribution >= 4 is 26.7 Å². The highest BCUT2D eigenvalue weighted by Gasteiger charge is 2.38. The number of piperidine rings is 1. The summed E-state index contributed by atoms with van der Waals surface area (Å²) in [6.45, 7) is 4.17. The summed E-state index contributed by atoms with van der Waals surface area (Å²) in [6, 6.07) is 20.8. The third-order valence-electron chi connectivity index (χ3n) is 9.83. The van der Waals surface area contributed by atoms with Gasteiger partial charge in [-0.05, 0) is 109 Å². The predicted molar refractivity (Wildman–Crippen MR) is 176 cm³/mol. The van der Waals surface area contributed by atoms with E-state index in [0.29, 0.717) is 13.1 Å². The van der Waals surface area contributed by atoms with E-state index in [9.17, 15) is 13.2 Å². The second kappa shape index (κ2) is 12.6. The fourth-order valence-corrected chi connectivity index (χ4v) is 9.11. The molecule has 1 fully saturated rings. The molecular formula is C36H42N4O4S.